The minimum Gasteiger partial charge on any atom is -0.870 e. The van der Waals surface area contributed by atoms with Crippen LogP contribution in [-0.4, -0.2) is 25.1 Å². The Bertz CT molecular complexity index is 832. The third-order valence-electron chi connectivity index (χ3n) is 6.64. The largest absolute Gasteiger partial charge is 0.870 e. The normalized spacial score (nSPS) is 11.3. The molecule has 0 saturated carbocycles. The van der Waals surface area contributed by atoms with E-state index in [2.05, 4.69) is 51.4 Å². The second-order valence-electron chi connectivity index (χ2n) is 10.7. The van der Waals surface area contributed by atoms with Gasteiger partial charge < -0.3 is 9.59 Å². The van der Waals surface area contributed by atoms with Gasteiger partial charge in [0, 0.05) is 5.56 Å². The zero-order chi connectivity index (χ0) is 27.5. The Labute approximate surface area is 246 Å². The van der Waals surface area contributed by atoms with Gasteiger partial charge >= 0.3 is 0 Å². The fourth-order valence-electron chi connectivity index (χ4n) is 4.44. The lowest BCUT2D eigenvalue weighted by Gasteiger charge is -2.30. The monoisotopic (exact) mass is 589 g/mol. The maximum absolute atomic E-state index is 11.0. The Morgan fingerprint density at radius 3 is 1.46 bits per heavy atom. The molecule has 0 bridgehead atoms. The Kier molecular flexibility index (Phi) is 18.9. The number of hydrogen-bond donors (Lipinski definition) is 0. The highest BCUT2D eigenvalue weighted by Crippen LogP contribution is 2.39. The first-order valence-corrected chi connectivity index (χ1v) is 15.5. The van der Waals surface area contributed by atoms with Crippen molar-refractivity contribution in [1.29, 1.82) is 0 Å². The van der Waals surface area contributed by atoms with Gasteiger partial charge in [0.05, 0.1) is 40.7 Å². The highest BCUT2D eigenvalue weighted by molar-refractivity contribution is 6.48. The fraction of sp³-hybridized carbons (Fsp3) is 0.613. The molecule has 6 heteroatoms. The summed E-state index contributed by atoms with van der Waals surface area (Å²) in [7, 11) is 4.74. The van der Waals surface area contributed by atoms with Crippen LogP contribution in [-0.2, 0) is 6.54 Å². The van der Waals surface area contributed by atoms with Crippen LogP contribution in [0.2, 0.25) is 20.1 Å². The van der Waals surface area contributed by atoms with E-state index in [1.54, 1.807) is 0 Å². The van der Waals surface area contributed by atoms with E-state index in [-0.39, 0.29) is 20.1 Å². The maximum atomic E-state index is 11.0. The maximum Gasteiger partial charge on any atom is 0.104 e. The van der Waals surface area contributed by atoms with Crippen molar-refractivity contribution in [3.8, 4) is 5.75 Å². The summed E-state index contributed by atoms with van der Waals surface area (Å²) in [5.74, 6) is -0.536. The highest BCUT2D eigenvalue weighted by Gasteiger charge is 2.14. The van der Waals surface area contributed by atoms with Crippen LogP contribution in [0.15, 0.2) is 36.4 Å². The van der Waals surface area contributed by atoms with E-state index in [4.69, 9.17) is 46.4 Å². The molecule has 2 aromatic carbocycles. The summed E-state index contributed by atoms with van der Waals surface area (Å²) >= 11 is 22.0. The molecule has 0 aliphatic heterocycles. The molecule has 0 atom stereocenters. The van der Waals surface area contributed by atoms with Crippen LogP contribution in [0.25, 0.3) is 0 Å². The van der Waals surface area contributed by atoms with Gasteiger partial charge in [-0.1, -0.05) is 166 Å². The fourth-order valence-corrected chi connectivity index (χ4v) is 5.23. The Hall–Kier alpha value is -0.640. The van der Waals surface area contributed by atoms with Gasteiger partial charge in [-0.15, -0.1) is 0 Å². The van der Waals surface area contributed by atoms with Crippen molar-refractivity contribution < 1.29 is 9.59 Å². The van der Waals surface area contributed by atoms with Crippen molar-refractivity contribution in [1.82, 2.24) is 0 Å². The number of unbranched alkanes of at least 4 members (excludes halogenated alkanes) is 13. The van der Waals surface area contributed by atoms with E-state index in [1.165, 1.54) is 108 Å². The van der Waals surface area contributed by atoms with Gasteiger partial charge in [-0.3, -0.25) is 0 Å². The average molecular weight is 592 g/mol. The highest BCUT2D eigenvalue weighted by atomic mass is 35.5. The standard InChI is InChI=1S/C25H46N.C6H2Cl4O/c1-4-5-6-7-8-9-10-11-12-13-14-15-16-20-23-26(2,3)24-25-21-18-17-19-22-25;7-2-1-3(8)5(10)6(11)4(2)9/h17-19,21-22H,4-16,20,23-24H2,1-3H3;1,11H/q+1;/p-1. The number of rotatable bonds is 17. The molecule has 2 nitrogen and oxygen atoms in total. The van der Waals surface area contributed by atoms with Crippen molar-refractivity contribution in [2.45, 2.75) is 103 Å². The first kappa shape index (κ1) is 34.4. The zero-order valence-corrected chi connectivity index (χ0v) is 26.2. The summed E-state index contributed by atoms with van der Waals surface area (Å²) < 4.78 is 1.11. The third-order valence-corrected chi connectivity index (χ3v) is 8.18. The first-order valence-electron chi connectivity index (χ1n) is 14.0. The molecular formula is C31H47Cl4NO. The molecule has 0 spiro atoms. The molecule has 2 aromatic rings. The third kappa shape index (κ3) is 16.2. The van der Waals surface area contributed by atoms with Gasteiger partial charge in [0.15, 0.2) is 0 Å². The van der Waals surface area contributed by atoms with Gasteiger partial charge in [0.2, 0.25) is 0 Å². The Balaban J connectivity index is 0.000000516. The zero-order valence-electron chi connectivity index (χ0n) is 23.1. The summed E-state index contributed by atoms with van der Waals surface area (Å²) in [6, 6.07) is 12.3. The summed E-state index contributed by atoms with van der Waals surface area (Å²) in [6.07, 6.45) is 20.2. The van der Waals surface area contributed by atoms with Crippen molar-refractivity contribution in [3.63, 3.8) is 0 Å². The van der Waals surface area contributed by atoms with Crippen LogP contribution < -0.4 is 5.11 Å². The SMILES string of the molecule is CCCCCCCCCCCCCCCC[N+](C)(C)Cc1ccccc1.[O-]c1c(Cl)c(Cl)cc(Cl)c1Cl. The number of nitrogens with zero attached hydrogens (tertiary/aromatic N) is 1. The van der Waals surface area contributed by atoms with Crippen LogP contribution >= 0.6 is 46.4 Å². The number of halogens is 4. The molecule has 0 N–H and O–H groups in total. The van der Waals surface area contributed by atoms with Crippen LogP contribution in [0, 0.1) is 0 Å². The molecule has 37 heavy (non-hydrogen) atoms. The summed E-state index contributed by atoms with van der Waals surface area (Å²) in [4.78, 5) is 0. The second-order valence-corrected chi connectivity index (χ2v) is 12.3. The summed E-state index contributed by atoms with van der Waals surface area (Å²) in [5, 5.41) is 11.0. The van der Waals surface area contributed by atoms with E-state index >= 15 is 0 Å². The molecular weight excluding hydrogens is 544 g/mol. The molecule has 2 rings (SSSR count). The number of hydrogen-bond acceptors (Lipinski definition) is 1. The predicted molar refractivity (Wildman–Crippen MR) is 163 cm³/mol. The number of benzene rings is 2. The van der Waals surface area contributed by atoms with Crippen molar-refractivity contribution in [2.75, 3.05) is 20.6 Å². The topological polar surface area (TPSA) is 23.1 Å². The molecule has 0 amide bonds. The molecule has 0 saturated heterocycles. The molecule has 0 aliphatic rings. The summed E-state index contributed by atoms with van der Waals surface area (Å²) in [5.41, 5.74) is 1.46. The van der Waals surface area contributed by atoms with Crippen molar-refractivity contribution >= 4 is 46.4 Å². The molecule has 0 unspecified atom stereocenters. The van der Waals surface area contributed by atoms with Gasteiger partial charge in [-0.2, -0.15) is 0 Å². The molecule has 0 radical (unpaired) electrons. The first-order chi connectivity index (χ1) is 17.7. The lowest BCUT2D eigenvalue weighted by molar-refractivity contribution is -0.903. The predicted octanol–water partition coefficient (Wildman–Crippen LogP) is 11.1. The van der Waals surface area contributed by atoms with Crippen molar-refractivity contribution in [2.24, 2.45) is 0 Å². The van der Waals surface area contributed by atoms with E-state index < -0.39 is 5.75 Å². The van der Waals surface area contributed by atoms with Gasteiger partial charge in [-0.25, -0.2) is 0 Å². The average Bonchev–Trinajstić information content (AvgIpc) is 2.87. The van der Waals surface area contributed by atoms with Crippen LogP contribution in [0.5, 0.6) is 5.75 Å². The summed E-state index contributed by atoms with van der Waals surface area (Å²) in [6.45, 7) is 4.75. The lowest BCUT2D eigenvalue weighted by Crippen LogP contribution is -2.39. The Morgan fingerprint density at radius 1 is 0.622 bits per heavy atom. The van der Waals surface area contributed by atoms with Crippen molar-refractivity contribution in [3.05, 3.63) is 62.1 Å². The van der Waals surface area contributed by atoms with Gasteiger partial charge in [-0.05, 0) is 18.9 Å². The van der Waals surface area contributed by atoms with Crippen LogP contribution in [0.3, 0.4) is 0 Å². The smallest absolute Gasteiger partial charge is 0.104 e. The van der Waals surface area contributed by atoms with E-state index in [9.17, 15) is 5.11 Å². The molecule has 210 valence electrons. The van der Waals surface area contributed by atoms with Gasteiger partial charge in [0.1, 0.15) is 6.54 Å². The lowest BCUT2D eigenvalue weighted by atomic mass is 10.0. The minimum absolute atomic E-state index is 0.0962. The molecule has 0 aromatic heterocycles. The molecule has 0 aliphatic carbocycles. The second kappa shape index (κ2) is 20.3. The van der Waals surface area contributed by atoms with E-state index in [0.717, 1.165) is 11.0 Å². The minimum atomic E-state index is -0.536. The van der Waals surface area contributed by atoms with E-state index in [1.807, 2.05) is 0 Å². The Morgan fingerprint density at radius 2 is 1.03 bits per heavy atom. The van der Waals surface area contributed by atoms with Crippen LogP contribution in [0.4, 0.5) is 0 Å². The van der Waals surface area contributed by atoms with E-state index in [0.29, 0.717) is 0 Å². The molecule has 0 fully saturated rings. The van der Waals surface area contributed by atoms with Crippen LogP contribution in [0.1, 0.15) is 102 Å². The number of quaternary nitrogens is 1. The quantitative estimate of drug-likeness (QED) is 0.102. The van der Waals surface area contributed by atoms with Gasteiger partial charge in [0.25, 0.3) is 0 Å². The molecule has 0 heterocycles.